The molecule has 46 heteroatoms. The quantitative estimate of drug-likeness (QED) is 0.00578. The molecular weight excluding hydrogens is 1960 g/mol. The maximum atomic E-state index is 12.9. The summed E-state index contributed by atoms with van der Waals surface area (Å²) >= 11 is 0.596. The number of nitrogens with zero attached hydrogens (tertiary/aromatic N) is 9. The van der Waals surface area contributed by atoms with Gasteiger partial charge in [0.1, 0.15) is 47.4 Å². The van der Waals surface area contributed by atoms with Gasteiger partial charge in [0.2, 0.25) is 5.82 Å². The average molecular weight is 2060 g/mol. The minimum atomic E-state index is -0.988. The Morgan fingerprint density at radius 3 is 1.21 bits per heavy atom. The summed E-state index contributed by atoms with van der Waals surface area (Å²) < 4.78 is 112. The van der Waals surface area contributed by atoms with Crippen LogP contribution in [-0.4, -0.2) is 239 Å². The number of aliphatic hydroxyl groups is 2. The average Bonchev–Trinajstić information content (AvgIpc) is 1.65. The van der Waals surface area contributed by atoms with Crippen LogP contribution in [0.1, 0.15) is 75.4 Å². The number of aromatic carboxylic acids is 1. The fourth-order valence-electron chi connectivity index (χ4n) is 11.3. The zero-order chi connectivity index (χ0) is 98.9. The number of nitrogens with one attached hydrogen (secondary N) is 3. The molecule has 2 fully saturated rings. The van der Waals surface area contributed by atoms with Crippen molar-refractivity contribution in [1.82, 2.24) is 39.2 Å². The Kier molecular flexibility index (Phi) is 52.9. The van der Waals surface area contributed by atoms with E-state index in [1.54, 1.807) is 110 Å². The molecule has 14 N–H and O–H groups in total. The molecule has 0 bridgehead atoms. The number of carbonyl (C=O) groups is 6. The van der Waals surface area contributed by atoms with Crippen molar-refractivity contribution < 1.29 is 124 Å². The number of thiazole rings is 1. The molecule has 0 unspecified atom stereocenters. The van der Waals surface area contributed by atoms with Crippen LogP contribution in [0.5, 0.6) is 0 Å². The van der Waals surface area contributed by atoms with Crippen molar-refractivity contribution in [3.63, 3.8) is 0 Å². The predicted octanol–water partition coefficient (Wildman–Crippen LogP) is 14.4. The summed E-state index contributed by atoms with van der Waals surface area (Å²) in [6.07, 6.45) is 4.91. The van der Waals surface area contributed by atoms with Crippen LogP contribution in [0, 0.1) is 55.1 Å². The van der Waals surface area contributed by atoms with Crippen molar-refractivity contribution in [2.24, 2.45) is 0 Å². The number of amides is 1. The molecule has 2 radical (unpaired) electrons. The van der Waals surface area contributed by atoms with E-state index in [9.17, 15) is 75.3 Å². The monoisotopic (exact) mass is 2060 g/mol. The van der Waals surface area contributed by atoms with Gasteiger partial charge in [-0.05, 0) is 214 Å². The third-order valence-corrected chi connectivity index (χ3v) is 18.6. The van der Waals surface area contributed by atoms with Crippen molar-refractivity contribution in [1.29, 1.82) is 0 Å². The Morgan fingerprint density at radius 2 is 0.860 bits per heavy atom. The van der Waals surface area contributed by atoms with Gasteiger partial charge in [-0.1, -0.05) is 0 Å². The van der Waals surface area contributed by atoms with Gasteiger partial charge in [-0.15, -0.1) is 11.3 Å². The molecule has 36 nitrogen and oxygen atoms in total. The molecule has 0 aliphatic carbocycles. The van der Waals surface area contributed by atoms with E-state index in [0.29, 0.717) is 61.6 Å². The van der Waals surface area contributed by atoms with Crippen molar-refractivity contribution in [3.05, 3.63) is 325 Å². The molecule has 10 aromatic carbocycles. The molecule has 0 spiro atoms. The molecule has 5 heterocycles. The number of esters is 4. The molecule has 0 atom stereocenters. The van der Waals surface area contributed by atoms with Crippen LogP contribution < -0.4 is 27.4 Å². The summed E-state index contributed by atoms with van der Waals surface area (Å²) in [7, 11) is 19.4. The fourth-order valence-corrected chi connectivity index (χ4v) is 11.9. The summed E-state index contributed by atoms with van der Waals surface area (Å²) in [6, 6.07) is 51.2. The van der Waals surface area contributed by atoms with Crippen LogP contribution in [0.4, 0.5) is 71.8 Å². The number of halogens is 8. The molecule has 136 heavy (non-hydrogen) atoms. The van der Waals surface area contributed by atoms with Gasteiger partial charge < -0.3 is 91.7 Å². The van der Waals surface area contributed by atoms with Gasteiger partial charge >= 0.3 is 72.3 Å². The molecule has 2 aliphatic rings. The first kappa shape index (κ1) is 116. The summed E-state index contributed by atoms with van der Waals surface area (Å²) in [5, 5.41) is 57.0. The number of carboxylic acids is 1. The van der Waals surface area contributed by atoms with Gasteiger partial charge in [-0.3, -0.25) is 39.1 Å². The number of piperazine rings is 1. The Morgan fingerprint density at radius 1 is 0.507 bits per heavy atom. The maximum absolute atomic E-state index is 12.9. The van der Waals surface area contributed by atoms with Gasteiger partial charge in [0.25, 0.3) is 18.1 Å². The Labute approximate surface area is 796 Å². The molecule has 3 aromatic heterocycles. The van der Waals surface area contributed by atoms with Crippen LogP contribution in [0.15, 0.2) is 237 Å². The van der Waals surface area contributed by atoms with E-state index in [1.807, 2.05) is 14.8 Å². The minimum absolute atomic E-state index is 0. The number of nitro groups is 2. The normalized spacial score (nSPS) is 11.3. The zero-order valence-electron chi connectivity index (χ0n) is 74.2. The second-order valence-corrected chi connectivity index (χ2v) is 31.7. The second-order valence-electron chi connectivity index (χ2n) is 26.6. The summed E-state index contributed by atoms with van der Waals surface area (Å²) in [5.74, 6) is -5.68. The number of benzene rings is 10. The number of aromatic nitrogens is 5. The number of hydrogen-bond donors (Lipinski definition) is 8. The molecule has 13 aromatic rings. The number of nitrogen functional groups attached to an aromatic ring is 2. The molecule has 2 saturated heterocycles. The standard InChI is InChI=1S/C15H11FN2O2.C14H11FN2O4.C14H9FN2O2.C14H13FN2O2.C11H16N4OS.C8H6FNO4.C6H6FN.C4H10O3.2C2H6O.2ClH.2H2O.Sn/c1-20-15(19)10-2-7-14-13(8-10)17-9-18(14)12-5-3-11(16)4-6-12;1-21-14(18)9-2-7-12(13(8-9)17(19)20)16-11-5-3-10(15)4-6-11;15-10-2-4-11(5-3-10)17-8-16-12-7-9(14(18)19)1-6-13(12)17;1-19-14(18)9-2-7-13(12(16)8-9)17-11-5-3-10(15)4-6-11;16-11(10-13-1-6-17-10)15-4-2-14(3-5-15)9-7-12-8-9;1-14-8(11)5-2-3-6(9)7(4-5)10(12)13;7-5-1-3-6(8)4-2-5;1-5-4(6-2)7-3;2*1-2-3;;;;;/h2-9H,1H3;2-8,16H,1H3;1-8H,(H,18,19);2-8,17H,16H2,1H3;1,6,9,12H,2-5,7-8H2;2-4H,1H3;1-4H,8H2;4H,1-3H3;2*3H,2H2,1H3;2*1H;2*1H2;/q;;;;;;;;;;;;;;+2/p-2. The van der Waals surface area contributed by atoms with Gasteiger partial charge in [-0.2, -0.15) is 4.39 Å². The number of rotatable bonds is 18. The van der Waals surface area contributed by atoms with Crippen LogP contribution in [0.25, 0.3) is 33.4 Å². The van der Waals surface area contributed by atoms with E-state index in [0.717, 1.165) is 93.1 Å². The number of aliphatic hydroxyl groups excluding tert-OH is 2. The van der Waals surface area contributed by atoms with Gasteiger partial charge in [-0.25, -0.2) is 60.9 Å². The number of nitro benzene ring substituents is 2. The third kappa shape index (κ3) is 37.9. The van der Waals surface area contributed by atoms with E-state index in [2.05, 4.69) is 69.0 Å². The number of methoxy groups -OCH3 is 7. The third-order valence-electron chi connectivity index (χ3n) is 17.8. The summed E-state index contributed by atoms with van der Waals surface area (Å²) in [6.45, 7) is 9.18. The van der Waals surface area contributed by atoms with Crippen molar-refractivity contribution in [3.8, 4) is 11.4 Å². The van der Waals surface area contributed by atoms with E-state index in [4.69, 9.17) is 44.6 Å². The summed E-state index contributed by atoms with van der Waals surface area (Å²) in [4.78, 5) is 105. The van der Waals surface area contributed by atoms with Crippen molar-refractivity contribution in [2.75, 3.05) is 124 Å². The number of anilines is 6. The first-order valence-electron chi connectivity index (χ1n) is 39.3. The SMILES string of the molecule is CCO.CCO.COC(=O)c1ccc(F)c([N+](=O)[O-])c1.COC(=O)c1ccc(Nc2ccc(F)cc2)c(N)c1.COC(=O)c1ccc(Nc2ccc(F)cc2)c([N+](=O)[O-])c1.COC(=O)c1ccc2c(c1)ncn2-c1ccc(F)cc1.COC(OC)OC.Nc1ccc(F)cc1.O.O.O=C(O)c1ccc2c(c1)ncn2-c1ccc(F)cc1.O=C(c1nccs1)N1CCN(C2CNC2)CC1.[Cl][Sn][Cl]. The Hall–Kier alpha value is -13.8. The first-order valence-corrected chi connectivity index (χ1v) is 47.4. The van der Waals surface area contributed by atoms with Gasteiger partial charge in [0, 0.05) is 132 Å². The number of imidazole rings is 2. The first-order chi connectivity index (χ1) is 64.2. The number of ether oxygens (including phenoxy) is 7. The number of carboxylic acid groups (broad SMARTS) is 1. The fraction of sp³-hybridized carbons (Fsp3) is 0.211. The topological polar surface area (TPSA) is 520 Å². The predicted molar refractivity (Wildman–Crippen MR) is 503 cm³/mol. The Bertz CT molecular complexity index is 5860. The molecule has 15 rings (SSSR count). The summed E-state index contributed by atoms with van der Waals surface area (Å²) in [5.41, 5.74) is 18.6. The zero-order valence-corrected chi connectivity index (χ0v) is 79.4. The molecule has 2 aliphatic heterocycles. The van der Waals surface area contributed by atoms with Gasteiger partial charge in [0.15, 0.2) is 5.01 Å². The van der Waals surface area contributed by atoms with Crippen LogP contribution in [0.2, 0.25) is 0 Å². The van der Waals surface area contributed by atoms with E-state index in [1.165, 1.54) is 169 Å². The van der Waals surface area contributed by atoms with E-state index < -0.39 is 82.4 Å². The van der Waals surface area contributed by atoms with Crippen LogP contribution in [0.3, 0.4) is 0 Å². The Balaban J connectivity index is 0.000000400. The molecular formula is C90H98Cl2F6N14O22SSn. The van der Waals surface area contributed by atoms with E-state index >= 15 is 0 Å². The van der Waals surface area contributed by atoms with Gasteiger partial charge in [0.05, 0.1) is 99.5 Å². The second kappa shape index (κ2) is 61.9. The molecule has 726 valence electrons. The number of carbonyl (C=O) groups excluding carboxylic acids is 5. The van der Waals surface area contributed by atoms with Crippen molar-refractivity contribution in [2.45, 2.75) is 26.4 Å². The number of hydrogen-bond acceptors (Lipinski definition) is 29. The van der Waals surface area contributed by atoms with Crippen LogP contribution >= 0.6 is 29.2 Å². The van der Waals surface area contributed by atoms with E-state index in [-0.39, 0.29) is 81.4 Å². The van der Waals surface area contributed by atoms with Crippen molar-refractivity contribution >= 4 is 151 Å². The number of fused-ring (bicyclic) bond motifs is 2. The van der Waals surface area contributed by atoms with Crippen LogP contribution in [-0.2, 0) is 33.2 Å². The molecule has 1 amide bonds. The number of nitrogens with two attached hydrogens (primary N) is 2. The molecule has 0 saturated carbocycles.